The first-order chi connectivity index (χ1) is 14.9. The van der Waals surface area contributed by atoms with E-state index in [0.717, 1.165) is 24.3 Å². The van der Waals surface area contributed by atoms with Crippen LogP contribution in [-0.2, 0) is 6.42 Å². The highest BCUT2D eigenvalue weighted by Crippen LogP contribution is 2.33. The van der Waals surface area contributed by atoms with Crippen molar-refractivity contribution in [2.75, 3.05) is 0 Å². The van der Waals surface area contributed by atoms with Crippen molar-refractivity contribution in [2.24, 2.45) is 5.92 Å². The molecule has 0 amide bonds. The van der Waals surface area contributed by atoms with Crippen molar-refractivity contribution < 1.29 is 10.2 Å². The molecule has 1 aromatic carbocycles. The minimum atomic E-state index is 0.199. The van der Waals surface area contributed by atoms with Crippen molar-refractivity contribution in [1.82, 2.24) is 0 Å². The van der Waals surface area contributed by atoms with Gasteiger partial charge < -0.3 is 10.2 Å². The Morgan fingerprint density at radius 2 is 1.65 bits per heavy atom. The Balaban J connectivity index is 0.00000212. The molecule has 2 heteroatoms. The molecule has 0 heterocycles. The van der Waals surface area contributed by atoms with E-state index in [4.69, 9.17) is 0 Å². The average Bonchev–Trinajstić information content (AvgIpc) is 2.77. The molecule has 1 aromatic rings. The second-order valence-corrected chi connectivity index (χ2v) is 8.26. The third-order valence-electron chi connectivity index (χ3n) is 5.89. The van der Waals surface area contributed by atoms with E-state index in [1.165, 1.54) is 49.3 Å². The third kappa shape index (κ3) is 11.3. The summed E-state index contributed by atoms with van der Waals surface area (Å²) in [5, 5.41) is 19.4. The predicted octanol–water partition coefficient (Wildman–Crippen LogP) is 9.28. The molecule has 1 atom stereocenters. The van der Waals surface area contributed by atoms with Gasteiger partial charge in [-0.05, 0) is 96.3 Å². The zero-order chi connectivity index (χ0) is 23.8. The van der Waals surface area contributed by atoms with Crippen LogP contribution in [0.1, 0.15) is 106 Å². The summed E-state index contributed by atoms with van der Waals surface area (Å²) in [6, 6.07) is 4.69. The summed E-state index contributed by atoms with van der Waals surface area (Å²) in [5.41, 5.74) is 6.92. The van der Waals surface area contributed by atoms with Crippen molar-refractivity contribution >= 4 is 0 Å². The summed E-state index contributed by atoms with van der Waals surface area (Å²) in [6.45, 7) is 17.1. The molecule has 0 aliphatic heterocycles. The van der Waals surface area contributed by atoms with Crippen molar-refractivity contribution in [1.29, 1.82) is 0 Å². The zero-order valence-electron chi connectivity index (χ0n) is 21.5. The Hall–Kier alpha value is -1.96. The topological polar surface area (TPSA) is 40.5 Å². The van der Waals surface area contributed by atoms with Gasteiger partial charge in [-0.2, -0.15) is 0 Å². The second kappa shape index (κ2) is 16.7. The van der Waals surface area contributed by atoms with Crippen LogP contribution in [0.3, 0.4) is 0 Å². The molecule has 0 fully saturated rings. The molecule has 2 rings (SSSR count). The number of phenolic OH excluding ortho intramolecular Hbond substituents is 2. The lowest BCUT2D eigenvalue weighted by Gasteiger charge is -2.24. The number of allylic oxidation sites excluding steroid dienone is 6. The molecule has 0 unspecified atom stereocenters. The molecule has 0 radical (unpaired) electrons. The highest BCUT2D eigenvalue weighted by atomic mass is 16.3. The summed E-state index contributed by atoms with van der Waals surface area (Å²) < 4.78 is 0. The highest BCUT2D eigenvalue weighted by molar-refractivity contribution is 5.39. The quantitative estimate of drug-likeness (QED) is 0.320. The van der Waals surface area contributed by atoms with Gasteiger partial charge in [0, 0.05) is 5.56 Å². The Kier molecular flexibility index (Phi) is 15.6. The summed E-state index contributed by atoms with van der Waals surface area (Å²) in [6.07, 6.45) is 13.7. The SMILES string of the molecule is CC.CC.CC1=C(CC/C(C)=C/CC/C(C)=C/Cc2cc(O)ccc2O)[C@@H](C)CCC1. The van der Waals surface area contributed by atoms with Crippen molar-refractivity contribution in [3.05, 3.63) is 58.2 Å². The summed E-state index contributed by atoms with van der Waals surface area (Å²) in [7, 11) is 0. The van der Waals surface area contributed by atoms with Gasteiger partial charge in [0.1, 0.15) is 11.5 Å². The maximum Gasteiger partial charge on any atom is 0.119 e. The number of rotatable bonds is 8. The minimum absolute atomic E-state index is 0.199. The first-order valence-electron chi connectivity index (χ1n) is 12.4. The largest absolute Gasteiger partial charge is 0.508 e. The standard InChI is InChI=1S/C25H36O2.2C2H6/c1-18(11-13-22-17-23(26)14-16-25(22)27)7-5-8-19(2)12-15-24-20(3)9-6-10-21(24)4;2*1-2/h8,11,14,16-17,20,26-27H,5-7,9-10,12-13,15H2,1-4H3;2*1-2H3/b18-11+,19-8+;;/t20-;;/m0../s1. The summed E-state index contributed by atoms with van der Waals surface area (Å²) in [5.74, 6) is 1.21. The molecule has 1 aliphatic rings. The van der Waals surface area contributed by atoms with Crippen molar-refractivity contribution in [3.8, 4) is 11.5 Å². The summed E-state index contributed by atoms with van der Waals surface area (Å²) in [4.78, 5) is 0. The van der Waals surface area contributed by atoms with Gasteiger partial charge in [0.05, 0.1) is 0 Å². The van der Waals surface area contributed by atoms with E-state index in [-0.39, 0.29) is 11.5 Å². The molecular weight excluding hydrogens is 380 g/mol. The Labute approximate surface area is 192 Å². The van der Waals surface area contributed by atoms with Gasteiger partial charge in [-0.25, -0.2) is 0 Å². The van der Waals surface area contributed by atoms with E-state index in [0.29, 0.717) is 6.42 Å². The normalized spacial score (nSPS) is 16.8. The number of benzene rings is 1. The smallest absolute Gasteiger partial charge is 0.119 e. The molecular formula is C29H48O2. The van der Waals surface area contributed by atoms with Gasteiger partial charge >= 0.3 is 0 Å². The van der Waals surface area contributed by atoms with E-state index in [9.17, 15) is 10.2 Å². The highest BCUT2D eigenvalue weighted by Gasteiger charge is 2.16. The number of aromatic hydroxyl groups is 2. The van der Waals surface area contributed by atoms with Gasteiger partial charge in [0.2, 0.25) is 0 Å². The molecule has 0 saturated carbocycles. The fourth-order valence-electron chi connectivity index (χ4n) is 3.99. The Morgan fingerprint density at radius 3 is 2.29 bits per heavy atom. The maximum atomic E-state index is 9.85. The predicted molar refractivity (Wildman–Crippen MR) is 138 cm³/mol. The van der Waals surface area contributed by atoms with Crippen LogP contribution in [0, 0.1) is 5.92 Å². The van der Waals surface area contributed by atoms with Gasteiger partial charge in [0.25, 0.3) is 0 Å². The average molecular weight is 429 g/mol. The number of hydrogen-bond acceptors (Lipinski definition) is 2. The lowest BCUT2D eigenvalue weighted by atomic mass is 9.81. The molecule has 0 aromatic heterocycles. The van der Waals surface area contributed by atoms with E-state index in [1.54, 1.807) is 23.3 Å². The molecule has 0 spiro atoms. The fourth-order valence-corrected chi connectivity index (χ4v) is 3.99. The van der Waals surface area contributed by atoms with Crippen LogP contribution in [0.4, 0.5) is 0 Å². The lowest BCUT2D eigenvalue weighted by molar-refractivity contribution is 0.455. The van der Waals surface area contributed by atoms with Crippen molar-refractivity contribution in [3.63, 3.8) is 0 Å². The number of hydrogen-bond donors (Lipinski definition) is 2. The monoisotopic (exact) mass is 428 g/mol. The van der Waals surface area contributed by atoms with Crippen LogP contribution < -0.4 is 0 Å². The molecule has 2 N–H and O–H groups in total. The lowest BCUT2D eigenvalue weighted by Crippen LogP contribution is -2.08. The fraction of sp³-hybridized carbons (Fsp3) is 0.586. The first kappa shape index (κ1) is 29.0. The van der Waals surface area contributed by atoms with Gasteiger partial charge in [-0.15, -0.1) is 0 Å². The van der Waals surface area contributed by atoms with Crippen molar-refractivity contribution in [2.45, 2.75) is 107 Å². The first-order valence-corrected chi connectivity index (χ1v) is 12.4. The molecule has 0 saturated heterocycles. The zero-order valence-corrected chi connectivity index (χ0v) is 21.5. The third-order valence-corrected chi connectivity index (χ3v) is 5.89. The molecule has 2 nitrogen and oxygen atoms in total. The van der Waals surface area contributed by atoms with E-state index < -0.39 is 0 Å². The van der Waals surface area contributed by atoms with Gasteiger partial charge in [0.15, 0.2) is 0 Å². The van der Waals surface area contributed by atoms with Crippen LogP contribution in [-0.4, -0.2) is 10.2 Å². The van der Waals surface area contributed by atoms with Crippen LogP contribution in [0.25, 0.3) is 0 Å². The van der Waals surface area contributed by atoms with Crippen LogP contribution in [0.15, 0.2) is 52.6 Å². The molecule has 1 aliphatic carbocycles. The minimum Gasteiger partial charge on any atom is -0.508 e. The Bertz CT molecular complexity index is 722. The van der Waals surface area contributed by atoms with Crippen LogP contribution in [0.5, 0.6) is 11.5 Å². The number of phenols is 2. The molecule has 31 heavy (non-hydrogen) atoms. The second-order valence-electron chi connectivity index (χ2n) is 8.26. The molecule has 176 valence electrons. The van der Waals surface area contributed by atoms with Gasteiger partial charge in [-0.3, -0.25) is 0 Å². The summed E-state index contributed by atoms with van der Waals surface area (Å²) >= 11 is 0. The maximum absolute atomic E-state index is 9.85. The van der Waals surface area contributed by atoms with Gasteiger partial charge in [-0.1, -0.05) is 69.1 Å². The Morgan fingerprint density at radius 1 is 1.00 bits per heavy atom. The van der Waals surface area contributed by atoms with Crippen LogP contribution >= 0.6 is 0 Å². The molecule has 0 bridgehead atoms. The van der Waals surface area contributed by atoms with E-state index in [2.05, 4.69) is 39.8 Å². The van der Waals surface area contributed by atoms with E-state index >= 15 is 0 Å². The van der Waals surface area contributed by atoms with Crippen LogP contribution in [0.2, 0.25) is 0 Å². The van der Waals surface area contributed by atoms with E-state index in [1.807, 2.05) is 27.7 Å².